The van der Waals surface area contributed by atoms with Gasteiger partial charge in [-0.05, 0) is 35.9 Å². The first-order chi connectivity index (χ1) is 18.2. The zero-order valence-electron chi connectivity index (χ0n) is 20.1. The Morgan fingerprint density at radius 3 is 2.38 bits per heavy atom. The van der Waals surface area contributed by atoms with Crippen LogP contribution in [0.15, 0.2) is 84.9 Å². The molecule has 2 aromatic heterocycles. The van der Waals surface area contributed by atoms with E-state index in [2.05, 4.69) is 27.0 Å². The van der Waals surface area contributed by atoms with Crippen molar-refractivity contribution in [1.82, 2.24) is 15.0 Å². The van der Waals surface area contributed by atoms with E-state index in [0.717, 1.165) is 43.1 Å². The minimum absolute atomic E-state index is 0.314. The van der Waals surface area contributed by atoms with Crippen molar-refractivity contribution < 1.29 is 14.2 Å². The lowest BCUT2D eigenvalue weighted by atomic mass is 10.1. The summed E-state index contributed by atoms with van der Waals surface area (Å²) in [6, 6.07) is 27.9. The van der Waals surface area contributed by atoms with Gasteiger partial charge in [0.1, 0.15) is 6.61 Å². The van der Waals surface area contributed by atoms with E-state index >= 15 is 0 Å². The zero-order chi connectivity index (χ0) is 25.0. The molecule has 0 spiro atoms. The van der Waals surface area contributed by atoms with Gasteiger partial charge in [-0.2, -0.15) is 4.98 Å². The van der Waals surface area contributed by atoms with Crippen molar-refractivity contribution >= 4 is 28.5 Å². The van der Waals surface area contributed by atoms with Gasteiger partial charge in [0.25, 0.3) is 0 Å². The van der Waals surface area contributed by atoms with Crippen LogP contribution in [0.4, 0.5) is 5.69 Å². The van der Waals surface area contributed by atoms with Crippen LogP contribution in [-0.4, -0.2) is 41.3 Å². The Hall–Kier alpha value is -4.07. The van der Waals surface area contributed by atoms with Crippen LogP contribution in [0.1, 0.15) is 5.56 Å². The number of aromatic nitrogens is 3. The molecule has 1 saturated heterocycles. The first kappa shape index (κ1) is 23.3. The molecular weight excluding hydrogens is 488 g/mol. The van der Waals surface area contributed by atoms with Crippen LogP contribution >= 0.6 is 11.6 Å². The molecule has 1 aliphatic rings. The topological polar surface area (TPSA) is 72.5 Å². The highest BCUT2D eigenvalue weighted by Gasteiger charge is 2.15. The molecule has 1 aliphatic heterocycles. The van der Waals surface area contributed by atoms with Crippen molar-refractivity contribution in [2.75, 3.05) is 31.2 Å². The summed E-state index contributed by atoms with van der Waals surface area (Å²) in [5.41, 5.74) is 5.05. The van der Waals surface area contributed by atoms with Gasteiger partial charge in [0.05, 0.1) is 29.4 Å². The molecule has 37 heavy (non-hydrogen) atoms. The Morgan fingerprint density at radius 2 is 1.59 bits per heavy atom. The number of halogens is 1. The van der Waals surface area contributed by atoms with Crippen LogP contribution in [0, 0.1) is 0 Å². The zero-order valence-corrected chi connectivity index (χ0v) is 20.8. The lowest BCUT2D eigenvalue weighted by Crippen LogP contribution is -2.36. The molecule has 0 atom stereocenters. The largest absolute Gasteiger partial charge is 0.485 e. The molecule has 7 nitrogen and oxygen atoms in total. The molecule has 3 aromatic carbocycles. The maximum Gasteiger partial charge on any atom is 0.301 e. The maximum atomic E-state index is 6.62. The van der Waals surface area contributed by atoms with Crippen molar-refractivity contribution in [3.05, 3.63) is 95.5 Å². The lowest BCUT2D eigenvalue weighted by molar-refractivity contribution is 0.122. The summed E-state index contributed by atoms with van der Waals surface area (Å²) in [6.07, 6.45) is 0. The van der Waals surface area contributed by atoms with Crippen molar-refractivity contribution in [3.63, 3.8) is 0 Å². The highest BCUT2D eigenvalue weighted by atomic mass is 35.5. The number of H-pyrrole nitrogens is 1. The number of para-hydroxylation sites is 2. The van der Waals surface area contributed by atoms with Crippen molar-refractivity contribution in [2.24, 2.45) is 0 Å². The van der Waals surface area contributed by atoms with Crippen LogP contribution in [0.3, 0.4) is 0 Å². The van der Waals surface area contributed by atoms with Crippen molar-refractivity contribution in [3.8, 4) is 28.8 Å². The summed E-state index contributed by atoms with van der Waals surface area (Å²) in [6.45, 7) is 3.71. The van der Waals surface area contributed by atoms with Gasteiger partial charge >= 0.3 is 6.01 Å². The van der Waals surface area contributed by atoms with E-state index in [1.165, 1.54) is 0 Å². The van der Waals surface area contributed by atoms with Gasteiger partial charge in [0, 0.05) is 24.3 Å². The quantitative estimate of drug-likeness (QED) is 0.269. The van der Waals surface area contributed by atoms with Gasteiger partial charge in [-0.15, -0.1) is 0 Å². The van der Waals surface area contributed by atoms with Crippen molar-refractivity contribution in [2.45, 2.75) is 6.61 Å². The van der Waals surface area contributed by atoms with Crippen LogP contribution in [0.5, 0.6) is 17.5 Å². The van der Waals surface area contributed by atoms with Crippen LogP contribution in [-0.2, 0) is 11.3 Å². The summed E-state index contributed by atoms with van der Waals surface area (Å²) in [7, 11) is 0. The fourth-order valence-electron chi connectivity index (χ4n) is 4.29. The third kappa shape index (κ3) is 5.23. The number of anilines is 1. The maximum absolute atomic E-state index is 6.62. The monoisotopic (exact) mass is 512 g/mol. The Bertz CT molecular complexity index is 1500. The number of hydrogen-bond donors (Lipinski definition) is 1. The number of imidazole rings is 1. The van der Waals surface area contributed by atoms with E-state index in [1.54, 1.807) is 0 Å². The van der Waals surface area contributed by atoms with E-state index in [-0.39, 0.29) is 0 Å². The summed E-state index contributed by atoms with van der Waals surface area (Å²) in [5, 5.41) is 0.536. The second kappa shape index (κ2) is 10.5. The Kier molecular flexibility index (Phi) is 6.62. The van der Waals surface area contributed by atoms with Gasteiger partial charge < -0.3 is 24.1 Å². The summed E-state index contributed by atoms with van der Waals surface area (Å²) in [5.74, 6) is 1.18. The highest BCUT2D eigenvalue weighted by molar-refractivity contribution is 6.33. The van der Waals surface area contributed by atoms with Gasteiger partial charge in [0.15, 0.2) is 17.1 Å². The molecule has 186 valence electrons. The third-order valence-corrected chi connectivity index (χ3v) is 6.50. The first-order valence-corrected chi connectivity index (χ1v) is 12.5. The number of nitrogens with zero attached hydrogens (tertiary/aromatic N) is 3. The van der Waals surface area contributed by atoms with Crippen LogP contribution in [0.25, 0.3) is 22.4 Å². The second-order valence-electron chi connectivity index (χ2n) is 8.70. The van der Waals surface area contributed by atoms with E-state index in [9.17, 15) is 0 Å². The molecule has 0 unspecified atom stereocenters. The van der Waals surface area contributed by atoms with E-state index in [0.29, 0.717) is 46.0 Å². The molecule has 0 saturated carbocycles. The number of rotatable bonds is 7. The van der Waals surface area contributed by atoms with E-state index in [1.807, 2.05) is 72.8 Å². The molecule has 0 amide bonds. The number of benzene rings is 3. The number of pyridine rings is 1. The molecule has 5 aromatic rings. The SMILES string of the molecule is Clc1cc2[nH]c(Oc3ccccc3OCc3ccccc3)nc2nc1-c1ccc(N2CCOCC2)cc1. The van der Waals surface area contributed by atoms with Gasteiger partial charge in [-0.25, -0.2) is 4.98 Å². The number of morpholine rings is 1. The molecule has 3 heterocycles. The second-order valence-corrected chi connectivity index (χ2v) is 9.11. The Balaban J connectivity index is 1.22. The molecule has 1 N–H and O–H groups in total. The smallest absolute Gasteiger partial charge is 0.301 e. The standard InChI is InChI=1S/C29H25ClN4O3/c30-23-18-24-28(32-27(23)21-10-12-22(13-11-21)34-14-16-35-17-15-34)33-29(31-24)37-26-9-5-4-8-25(26)36-19-20-6-2-1-3-7-20/h1-13,18H,14-17,19H2,(H,31,32,33). The molecule has 0 radical (unpaired) electrons. The van der Waals surface area contributed by atoms with Crippen molar-refractivity contribution in [1.29, 1.82) is 0 Å². The fourth-order valence-corrected chi connectivity index (χ4v) is 4.55. The summed E-state index contributed by atoms with van der Waals surface area (Å²) in [4.78, 5) is 14.8. The fraction of sp³-hybridized carbons (Fsp3) is 0.172. The molecule has 8 heteroatoms. The molecular formula is C29H25ClN4O3. The highest BCUT2D eigenvalue weighted by Crippen LogP contribution is 2.34. The number of nitrogens with one attached hydrogen (secondary N) is 1. The van der Waals surface area contributed by atoms with E-state index in [4.69, 9.17) is 30.8 Å². The van der Waals surface area contributed by atoms with Gasteiger partial charge in [0.2, 0.25) is 0 Å². The molecule has 0 bridgehead atoms. The lowest BCUT2D eigenvalue weighted by Gasteiger charge is -2.28. The minimum atomic E-state index is 0.314. The van der Waals surface area contributed by atoms with E-state index < -0.39 is 0 Å². The van der Waals surface area contributed by atoms with Crippen LogP contribution in [0.2, 0.25) is 5.02 Å². The molecule has 0 aliphatic carbocycles. The summed E-state index contributed by atoms with van der Waals surface area (Å²) < 4.78 is 17.5. The average Bonchev–Trinajstić information content (AvgIpc) is 3.34. The Morgan fingerprint density at radius 1 is 0.865 bits per heavy atom. The normalized spacial score (nSPS) is 13.6. The first-order valence-electron chi connectivity index (χ1n) is 12.2. The number of hydrogen-bond acceptors (Lipinski definition) is 6. The minimum Gasteiger partial charge on any atom is -0.485 e. The average molecular weight is 513 g/mol. The Labute approximate surface area is 219 Å². The molecule has 6 rings (SSSR count). The summed E-state index contributed by atoms with van der Waals surface area (Å²) >= 11 is 6.62. The third-order valence-electron chi connectivity index (χ3n) is 6.21. The predicted molar refractivity (Wildman–Crippen MR) is 145 cm³/mol. The molecule has 1 fully saturated rings. The number of ether oxygens (including phenoxy) is 3. The van der Waals surface area contributed by atoms with Gasteiger partial charge in [-0.3, -0.25) is 0 Å². The van der Waals surface area contributed by atoms with Gasteiger partial charge in [-0.1, -0.05) is 66.2 Å². The predicted octanol–water partition coefficient (Wildman–Crippen LogP) is 6.49. The number of aromatic amines is 1. The van der Waals surface area contributed by atoms with Crippen LogP contribution < -0.4 is 14.4 Å². The number of fused-ring (bicyclic) bond motifs is 1.